The van der Waals surface area contributed by atoms with Crippen LogP contribution in [0.2, 0.25) is 5.15 Å². The molecule has 0 aliphatic carbocycles. The number of hydrogen-bond acceptors (Lipinski definition) is 3. The Morgan fingerprint density at radius 1 is 1.21 bits per heavy atom. The smallest absolute Gasteiger partial charge is 0.416 e. The van der Waals surface area contributed by atoms with Crippen molar-refractivity contribution in [3.63, 3.8) is 0 Å². The molecule has 0 unspecified atom stereocenters. The summed E-state index contributed by atoms with van der Waals surface area (Å²) in [5.74, 6) is 0.285. The van der Waals surface area contributed by atoms with Crippen LogP contribution in [0.1, 0.15) is 5.56 Å². The number of methoxy groups -OCH3 is 1. The van der Waals surface area contributed by atoms with Gasteiger partial charge in [0.05, 0.1) is 18.4 Å². The Hall–Kier alpha value is -1.82. The second kappa shape index (κ2) is 5.05. The van der Waals surface area contributed by atoms with Crippen LogP contribution < -0.4 is 4.74 Å². The average molecular weight is 289 g/mol. The lowest BCUT2D eigenvalue weighted by Crippen LogP contribution is -2.05. The SMILES string of the molecule is COc1cc(-c2cc(C(F)(F)F)cc(Cl)n2)ccn1. The summed E-state index contributed by atoms with van der Waals surface area (Å²) in [6, 6.07) is 4.73. The molecule has 0 aliphatic rings. The van der Waals surface area contributed by atoms with Gasteiger partial charge in [-0.05, 0) is 18.2 Å². The number of ether oxygens (including phenoxy) is 1. The molecule has 7 heteroatoms. The van der Waals surface area contributed by atoms with Crippen molar-refractivity contribution in [1.29, 1.82) is 0 Å². The largest absolute Gasteiger partial charge is 0.481 e. The molecule has 0 aliphatic heterocycles. The van der Waals surface area contributed by atoms with Crippen molar-refractivity contribution >= 4 is 11.6 Å². The molecule has 0 spiro atoms. The molecule has 100 valence electrons. The summed E-state index contributed by atoms with van der Waals surface area (Å²) in [7, 11) is 1.42. The Labute approximate surface area is 112 Å². The average Bonchev–Trinajstić information content (AvgIpc) is 2.37. The molecule has 3 nitrogen and oxygen atoms in total. The number of alkyl halides is 3. The highest BCUT2D eigenvalue weighted by Crippen LogP contribution is 2.33. The summed E-state index contributed by atoms with van der Waals surface area (Å²) < 4.78 is 43.0. The Morgan fingerprint density at radius 3 is 2.58 bits per heavy atom. The zero-order chi connectivity index (χ0) is 14.0. The zero-order valence-electron chi connectivity index (χ0n) is 9.70. The van der Waals surface area contributed by atoms with Crippen molar-refractivity contribution in [3.05, 3.63) is 41.2 Å². The third-order valence-corrected chi connectivity index (χ3v) is 2.55. The molecule has 0 radical (unpaired) electrons. The topological polar surface area (TPSA) is 35.0 Å². The van der Waals surface area contributed by atoms with E-state index in [2.05, 4.69) is 9.97 Å². The summed E-state index contributed by atoms with van der Waals surface area (Å²) in [5.41, 5.74) is -0.293. The molecule has 2 aromatic rings. The van der Waals surface area contributed by atoms with E-state index in [0.717, 1.165) is 12.1 Å². The zero-order valence-corrected chi connectivity index (χ0v) is 10.5. The highest BCUT2D eigenvalue weighted by atomic mass is 35.5. The van der Waals surface area contributed by atoms with E-state index in [1.54, 1.807) is 0 Å². The number of pyridine rings is 2. The molecular weight excluding hydrogens is 281 g/mol. The van der Waals surface area contributed by atoms with Crippen molar-refractivity contribution in [2.24, 2.45) is 0 Å². The van der Waals surface area contributed by atoms with Gasteiger partial charge in [0, 0.05) is 17.8 Å². The van der Waals surface area contributed by atoms with E-state index < -0.39 is 11.7 Å². The number of aromatic nitrogens is 2. The third-order valence-electron chi connectivity index (χ3n) is 2.36. The van der Waals surface area contributed by atoms with Gasteiger partial charge in [0.2, 0.25) is 5.88 Å². The van der Waals surface area contributed by atoms with E-state index in [0.29, 0.717) is 5.56 Å². The standard InChI is InChI=1S/C12H8ClF3N2O/c1-19-11-4-7(2-3-17-11)9-5-8(12(14,15)16)6-10(13)18-9/h2-6H,1H3. The van der Waals surface area contributed by atoms with Gasteiger partial charge in [-0.1, -0.05) is 11.6 Å². The molecule has 0 saturated heterocycles. The second-order valence-electron chi connectivity index (χ2n) is 3.65. The van der Waals surface area contributed by atoms with Crippen molar-refractivity contribution in [2.45, 2.75) is 6.18 Å². The minimum Gasteiger partial charge on any atom is -0.481 e. The van der Waals surface area contributed by atoms with Gasteiger partial charge in [0.25, 0.3) is 0 Å². The lowest BCUT2D eigenvalue weighted by Gasteiger charge is -2.09. The van der Waals surface area contributed by atoms with E-state index in [9.17, 15) is 13.2 Å². The Kier molecular flexibility index (Phi) is 3.61. The molecule has 0 aromatic carbocycles. The first kappa shape index (κ1) is 13.6. The van der Waals surface area contributed by atoms with Gasteiger partial charge in [-0.25, -0.2) is 9.97 Å². The molecule has 2 rings (SSSR count). The minimum atomic E-state index is -4.47. The number of halogens is 4. The molecule has 2 heterocycles. The summed E-state index contributed by atoms with van der Waals surface area (Å²) in [5, 5.41) is -0.222. The molecular formula is C12H8ClF3N2O. The van der Waals surface area contributed by atoms with Gasteiger partial charge in [-0.2, -0.15) is 13.2 Å². The summed E-state index contributed by atoms with van der Waals surface area (Å²) >= 11 is 5.62. The van der Waals surface area contributed by atoms with Gasteiger partial charge in [-0.15, -0.1) is 0 Å². The van der Waals surface area contributed by atoms with E-state index in [1.165, 1.54) is 25.4 Å². The lowest BCUT2D eigenvalue weighted by atomic mass is 10.1. The fourth-order valence-corrected chi connectivity index (χ4v) is 1.70. The maximum absolute atomic E-state index is 12.7. The normalized spacial score (nSPS) is 11.4. The van der Waals surface area contributed by atoms with Crippen LogP contribution in [0.3, 0.4) is 0 Å². The molecule has 0 bridgehead atoms. The van der Waals surface area contributed by atoms with E-state index in [4.69, 9.17) is 16.3 Å². The maximum atomic E-state index is 12.7. The van der Waals surface area contributed by atoms with Crippen LogP contribution in [0.25, 0.3) is 11.3 Å². The van der Waals surface area contributed by atoms with Crippen LogP contribution in [0.4, 0.5) is 13.2 Å². The Morgan fingerprint density at radius 2 is 1.95 bits per heavy atom. The van der Waals surface area contributed by atoms with Crippen LogP contribution >= 0.6 is 11.6 Å². The van der Waals surface area contributed by atoms with Gasteiger partial charge in [-0.3, -0.25) is 0 Å². The van der Waals surface area contributed by atoms with E-state index >= 15 is 0 Å². The van der Waals surface area contributed by atoms with Crippen LogP contribution in [0.5, 0.6) is 5.88 Å². The predicted molar refractivity (Wildman–Crippen MR) is 64.0 cm³/mol. The molecule has 19 heavy (non-hydrogen) atoms. The highest BCUT2D eigenvalue weighted by molar-refractivity contribution is 6.29. The molecule has 0 N–H and O–H groups in total. The maximum Gasteiger partial charge on any atom is 0.416 e. The second-order valence-corrected chi connectivity index (χ2v) is 4.04. The predicted octanol–water partition coefficient (Wildman–Crippen LogP) is 3.82. The summed E-state index contributed by atoms with van der Waals surface area (Å²) in [6.07, 6.45) is -3.05. The Bertz CT molecular complexity index is 602. The minimum absolute atomic E-state index is 0.112. The summed E-state index contributed by atoms with van der Waals surface area (Å²) in [6.45, 7) is 0. The van der Waals surface area contributed by atoms with Crippen LogP contribution in [0, 0.1) is 0 Å². The van der Waals surface area contributed by atoms with Crippen LogP contribution in [-0.4, -0.2) is 17.1 Å². The van der Waals surface area contributed by atoms with Crippen molar-refractivity contribution < 1.29 is 17.9 Å². The Balaban J connectivity index is 2.53. The lowest BCUT2D eigenvalue weighted by molar-refractivity contribution is -0.137. The molecule has 0 fully saturated rings. The fraction of sp³-hybridized carbons (Fsp3) is 0.167. The molecule has 0 atom stereocenters. The highest BCUT2D eigenvalue weighted by Gasteiger charge is 2.31. The number of rotatable bonds is 2. The van der Waals surface area contributed by atoms with Gasteiger partial charge >= 0.3 is 6.18 Å². The van der Waals surface area contributed by atoms with Crippen molar-refractivity contribution in [2.75, 3.05) is 7.11 Å². The molecule has 2 aromatic heterocycles. The van der Waals surface area contributed by atoms with Crippen molar-refractivity contribution in [3.8, 4) is 17.1 Å². The van der Waals surface area contributed by atoms with Crippen molar-refractivity contribution in [1.82, 2.24) is 9.97 Å². The molecule has 0 saturated carbocycles. The van der Waals surface area contributed by atoms with Crippen LogP contribution in [0.15, 0.2) is 30.5 Å². The van der Waals surface area contributed by atoms with Crippen LogP contribution in [-0.2, 0) is 6.18 Å². The fourth-order valence-electron chi connectivity index (χ4n) is 1.49. The van der Waals surface area contributed by atoms with E-state index in [1.807, 2.05) is 0 Å². The first-order valence-electron chi connectivity index (χ1n) is 5.15. The number of hydrogen-bond donors (Lipinski definition) is 0. The summed E-state index contributed by atoms with van der Waals surface area (Å²) in [4.78, 5) is 7.75. The van der Waals surface area contributed by atoms with Gasteiger partial charge < -0.3 is 4.74 Å². The van der Waals surface area contributed by atoms with Gasteiger partial charge in [0.1, 0.15) is 5.15 Å². The quantitative estimate of drug-likeness (QED) is 0.788. The van der Waals surface area contributed by atoms with E-state index in [-0.39, 0.29) is 16.7 Å². The molecule has 0 amide bonds. The number of nitrogens with zero attached hydrogens (tertiary/aromatic N) is 2. The first-order valence-corrected chi connectivity index (χ1v) is 5.53. The monoisotopic (exact) mass is 288 g/mol. The third kappa shape index (κ3) is 3.14. The first-order chi connectivity index (χ1) is 8.90. The van der Waals surface area contributed by atoms with Gasteiger partial charge in [0.15, 0.2) is 0 Å².